The van der Waals surface area contributed by atoms with Crippen LogP contribution in [0.5, 0.6) is 11.5 Å². The number of benzene rings is 2. The van der Waals surface area contributed by atoms with E-state index < -0.39 is 0 Å². The molecule has 0 saturated carbocycles. The molecule has 1 atom stereocenters. The summed E-state index contributed by atoms with van der Waals surface area (Å²) in [7, 11) is 5.04. The van der Waals surface area contributed by atoms with Crippen LogP contribution in [0.15, 0.2) is 48.5 Å². The Morgan fingerprint density at radius 3 is 2.56 bits per heavy atom. The fourth-order valence-electron chi connectivity index (χ4n) is 4.31. The highest BCUT2D eigenvalue weighted by molar-refractivity contribution is 6.30. The van der Waals surface area contributed by atoms with Crippen LogP contribution in [0, 0.1) is 0 Å². The van der Waals surface area contributed by atoms with Gasteiger partial charge in [-0.3, -0.25) is 9.48 Å². The van der Waals surface area contributed by atoms with Gasteiger partial charge in [0.05, 0.1) is 19.9 Å². The molecule has 1 saturated heterocycles. The molecule has 7 heteroatoms. The van der Waals surface area contributed by atoms with Crippen molar-refractivity contribution in [2.45, 2.75) is 25.2 Å². The van der Waals surface area contributed by atoms with Crippen LogP contribution < -0.4 is 9.47 Å². The van der Waals surface area contributed by atoms with Crippen molar-refractivity contribution in [3.8, 4) is 22.8 Å². The van der Waals surface area contributed by atoms with Gasteiger partial charge in [-0.2, -0.15) is 5.10 Å². The van der Waals surface area contributed by atoms with Gasteiger partial charge in [0.15, 0.2) is 0 Å². The van der Waals surface area contributed by atoms with Crippen LogP contribution in [-0.4, -0.2) is 47.9 Å². The van der Waals surface area contributed by atoms with Gasteiger partial charge in [-0.1, -0.05) is 30.2 Å². The van der Waals surface area contributed by atoms with Crippen molar-refractivity contribution in [2.24, 2.45) is 7.05 Å². The molecule has 0 radical (unpaired) electrons. The van der Waals surface area contributed by atoms with E-state index in [4.69, 9.17) is 21.1 Å². The zero-order chi connectivity index (χ0) is 22.7. The first-order chi connectivity index (χ1) is 15.5. The summed E-state index contributed by atoms with van der Waals surface area (Å²) in [6, 6.07) is 15.4. The van der Waals surface area contributed by atoms with E-state index in [1.165, 1.54) is 5.56 Å². The molecule has 2 aromatic carbocycles. The third-order valence-electron chi connectivity index (χ3n) is 6.08. The second-order valence-electron chi connectivity index (χ2n) is 8.10. The topological polar surface area (TPSA) is 56.6 Å². The van der Waals surface area contributed by atoms with E-state index in [0.29, 0.717) is 35.3 Å². The first kappa shape index (κ1) is 22.2. The van der Waals surface area contributed by atoms with Gasteiger partial charge in [-0.25, -0.2) is 0 Å². The van der Waals surface area contributed by atoms with Crippen LogP contribution in [-0.2, 0) is 7.05 Å². The molecule has 1 aliphatic heterocycles. The molecule has 4 rings (SSSR count). The fraction of sp³-hybridized carbons (Fsp3) is 0.360. The smallest absolute Gasteiger partial charge is 0.272 e. The number of nitrogens with zero attached hydrogens (tertiary/aromatic N) is 3. The maximum absolute atomic E-state index is 13.5. The number of hydrogen-bond donors (Lipinski definition) is 0. The minimum absolute atomic E-state index is 0.00558. The Bertz CT molecular complexity index is 1090. The van der Waals surface area contributed by atoms with Crippen LogP contribution >= 0.6 is 11.6 Å². The quantitative estimate of drug-likeness (QED) is 0.535. The van der Waals surface area contributed by atoms with Gasteiger partial charge in [0.2, 0.25) is 0 Å². The average Bonchev–Trinajstić information content (AvgIpc) is 3.03. The Morgan fingerprint density at radius 2 is 1.84 bits per heavy atom. The van der Waals surface area contributed by atoms with Gasteiger partial charge in [0.1, 0.15) is 17.2 Å². The summed E-state index contributed by atoms with van der Waals surface area (Å²) >= 11 is 6.06. The highest BCUT2D eigenvalue weighted by Crippen LogP contribution is 2.34. The summed E-state index contributed by atoms with van der Waals surface area (Å²) in [5.74, 6) is 1.68. The SMILES string of the molecule is COc1ccc(OC)c(-c2cc(C(=O)N3CCCCC(c4ccc(Cl)cc4)C3)n(C)n2)c1. The summed E-state index contributed by atoms with van der Waals surface area (Å²) in [5, 5.41) is 5.34. The van der Waals surface area contributed by atoms with Crippen LogP contribution in [0.3, 0.4) is 0 Å². The van der Waals surface area contributed by atoms with Crippen molar-refractivity contribution in [3.05, 3.63) is 64.8 Å². The minimum Gasteiger partial charge on any atom is -0.497 e. The first-order valence-electron chi connectivity index (χ1n) is 10.8. The maximum atomic E-state index is 13.5. The molecule has 3 aromatic rings. The van der Waals surface area contributed by atoms with Crippen molar-refractivity contribution in [1.29, 1.82) is 0 Å². The number of ether oxygens (including phenoxy) is 2. The summed E-state index contributed by atoms with van der Waals surface area (Å²) in [4.78, 5) is 15.5. The number of carbonyl (C=O) groups excluding carboxylic acids is 1. The molecule has 168 valence electrons. The average molecular weight is 454 g/mol. The number of hydrogen-bond acceptors (Lipinski definition) is 4. The number of likely N-dealkylation sites (tertiary alicyclic amines) is 1. The molecule has 1 amide bonds. The van der Waals surface area contributed by atoms with Crippen LogP contribution in [0.4, 0.5) is 0 Å². The normalized spacial score (nSPS) is 16.5. The van der Waals surface area contributed by atoms with Crippen molar-refractivity contribution in [1.82, 2.24) is 14.7 Å². The zero-order valence-electron chi connectivity index (χ0n) is 18.7. The monoisotopic (exact) mass is 453 g/mol. The van der Waals surface area contributed by atoms with Gasteiger partial charge in [-0.05, 0) is 54.8 Å². The highest BCUT2D eigenvalue weighted by atomic mass is 35.5. The summed E-state index contributed by atoms with van der Waals surface area (Å²) < 4.78 is 12.5. The second kappa shape index (κ2) is 9.65. The molecule has 1 aliphatic rings. The number of aryl methyl sites for hydroxylation is 1. The number of rotatable bonds is 5. The van der Waals surface area contributed by atoms with E-state index in [2.05, 4.69) is 17.2 Å². The molecule has 0 N–H and O–H groups in total. The van der Waals surface area contributed by atoms with E-state index in [1.807, 2.05) is 41.3 Å². The molecule has 0 spiro atoms. The van der Waals surface area contributed by atoms with E-state index in [1.54, 1.807) is 25.9 Å². The third kappa shape index (κ3) is 4.60. The Labute approximate surface area is 193 Å². The van der Waals surface area contributed by atoms with E-state index in [9.17, 15) is 4.79 Å². The minimum atomic E-state index is -0.00558. The first-order valence-corrected chi connectivity index (χ1v) is 11.2. The molecule has 1 unspecified atom stereocenters. The van der Waals surface area contributed by atoms with Crippen LogP contribution in [0.1, 0.15) is 41.2 Å². The number of amides is 1. The second-order valence-corrected chi connectivity index (χ2v) is 8.54. The summed E-state index contributed by atoms with van der Waals surface area (Å²) in [6.07, 6.45) is 3.14. The Morgan fingerprint density at radius 1 is 1.06 bits per heavy atom. The van der Waals surface area contributed by atoms with Crippen molar-refractivity contribution >= 4 is 17.5 Å². The molecule has 0 aliphatic carbocycles. The standard InChI is InChI=1S/C25H28ClN3O3/c1-28-23(15-22(27-28)21-14-20(31-2)11-12-24(21)32-3)25(30)29-13-5-4-6-18(16-29)17-7-9-19(26)10-8-17/h7-12,14-15,18H,4-6,13,16H2,1-3H3. The van der Waals surface area contributed by atoms with Gasteiger partial charge < -0.3 is 14.4 Å². The van der Waals surface area contributed by atoms with Crippen molar-refractivity contribution in [3.63, 3.8) is 0 Å². The molecule has 6 nitrogen and oxygen atoms in total. The van der Waals surface area contributed by atoms with E-state index >= 15 is 0 Å². The molecule has 2 heterocycles. The summed E-state index contributed by atoms with van der Waals surface area (Å²) in [6.45, 7) is 1.43. The molecule has 1 aromatic heterocycles. The van der Waals surface area contributed by atoms with Crippen molar-refractivity contribution < 1.29 is 14.3 Å². The summed E-state index contributed by atoms with van der Waals surface area (Å²) in [5.41, 5.74) is 3.25. The van der Waals surface area contributed by atoms with Gasteiger partial charge in [-0.15, -0.1) is 0 Å². The number of halogens is 1. The Balaban J connectivity index is 1.61. The van der Waals surface area contributed by atoms with Crippen LogP contribution in [0.2, 0.25) is 5.02 Å². The lowest BCUT2D eigenvalue weighted by Gasteiger charge is -2.25. The van der Waals surface area contributed by atoms with E-state index in [0.717, 1.165) is 36.4 Å². The van der Waals surface area contributed by atoms with E-state index in [-0.39, 0.29) is 5.91 Å². The van der Waals surface area contributed by atoms with Crippen molar-refractivity contribution in [2.75, 3.05) is 27.3 Å². The molecule has 1 fully saturated rings. The van der Waals surface area contributed by atoms with Gasteiger partial charge in [0, 0.05) is 36.6 Å². The number of methoxy groups -OCH3 is 2. The molecular weight excluding hydrogens is 426 g/mol. The number of carbonyl (C=O) groups is 1. The zero-order valence-corrected chi connectivity index (χ0v) is 19.4. The lowest BCUT2D eigenvalue weighted by atomic mass is 9.94. The Kier molecular flexibility index (Phi) is 6.70. The predicted molar refractivity (Wildman–Crippen MR) is 126 cm³/mol. The Hall–Kier alpha value is -2.99. The molecule has 32 heavy (non-hydrogen) atoms. The fourth-order valence-corrected chi connectivity index (χ4v) is 4.43. The van der Waals surface area contributed by atoms with Gasteiger partial charge >= 0.3 is 0 Å². The molecular formula is C25H28ClN3O3. The number of aromatic nitrogens is 2. The third-order valence-corrected chi connectivity index (χ3v) is 6.33. The lowest BCUT2D eigenvalue weighted by molar-refractivity contribution is 0.0743. The maximum Gasteiger partial charge on any atom is 0.272 e. The van der Waals surface area contributed by atoms with Gasteiger partial charge in [0.25, 0.3) is 5.91 Å². The molecule has 0 bridgehead atoms. The highest BCUT2D eigenvalue weighted by Gasteiger charge is 2.27. The largest absolute Gasteiger partial charge is 0.497 e. The predicted octanol–water partition coefficient (Wildman–Crippen LogP) is 5.17. The van der Waals surface area contributed by atoms with Crippen LogP contribution in [0.25, 0.3) is 11.3 Å². The lowest BCUT2D eigenvalue weighted by Crippen LogP contribution is -2.35.